The highest BCUT2D eigenvalue weighted by Gasteiger charge is 2.03. The lowest BCUT2D eigenvalue weighted by Gasteiger charge is -2.10. The van der Waals surface area contributed by atoms with Gasteiger partial charge in [-0.25, -0.2) is 4.98 Å². The molecule has 0 aliphatic carbocycles. The van der Waals surface area contributed by atoms with Crippen LogP contribution in [0.5, 0.6) is 0 Å². The molecule has 1 heterocycles. The molecule has 0 aliphatic rings. The highest BCUT2D eigenvalue weighted by molar-refractivity contribution is 5.56. The number of nitrogens with zero attached hydrogens (tertiary/aromatic N) is 3. The Hall–Kier alpha value is -2.65. The van der Waals surface area contributed by atoms with Gasteiger partial charge in [0.15, 0.2) is 0 Å². The van der Waals surface area contributed by atoms with Gasteiger partial charge < -0.3 is 15.4 Å². The molecule has 6 heteroatoms. The van der Waals surface area contributed by atoms with Crippen LogP contribution >= 0.6 is 0 Å². The van der Waals surface area contributed by atoms with Gasteiger partial charge in [-0.3, -0.25) is 0 Å². The average Bonchev–Trinajstić information content (AvgIpc) is 2.52. The molecule has 2 aromatic rings. The van der Waals surface area contributed by atoms with E-state index in [-0.39, 0.29) is 0 Å². The van der Waals surface area contributed by atoms with E-state index >= 15 is 0 Å². The quantitative estimate of drug-likeness (QED) is 0.765. The number of benzene rings is 1. The lowest BCUT2D eigenvalue weighted by molar-refractivity contribution is 0.198. The standard InChI is InChI=1S/C16H19N5O/c1-12-10-15(18-8-3-9-22-2)21-16(19-12)20-14-6-4-13(11-17)5-7-14/h4-7,10H,3,8-9H2,1-2H3,(H2,18,19,20,21). The van der Waals surface area contributed by atoms with Crippen molar-refractivity contribution in [3.05, 3.63) is 41.6 Å². The van der Waals surface area contributed by atoms with Crippen LogP contribution < -0.4 is 10.6 Å². The van der Waals surface area contributed by atoms with E-state index in [1.54, 1.807) is 19.2 Å². The predicted octanol–water partition coefficient (Wildman–Crippen LogP) is 2.85. The van der Waals surface area contributed by atoms with E-state index in [0.29, 0.717) is 18.1 Å². The van der Waals surface area contributed by atoms with Gasteiger partial charge in [-0.05, 0) is 37.6 Å². The first-order chi connectivity index (χ1) is 10.7. The number of hydrogen-bond acceptors (Lipinski definition) is 6. The van der Waals surface area contributed by atoms with Crippen molar-refractivity contribution in [2.45, 2.75) is 13.3 Å². The molecule has 1 aromatic heterocycles. The van der Waals surface area contributed by atoms with Gasteiger partial charge in [0.2, 0.25) is 5.95 Å². The fraction of sp³-hybridized carbons (Fsp3) is 0.312. The van der Waals surface area contributed by atoms with Gasteiger partial charge in [0.05, 0.1) is 11.6 Å². The molecule has 22 heavy (non-hydrogen) atoms. The second-order valence-electron chi connectivity index (χ2n) is 4.81. The Labute approximate surface area is 130 Å². The van der Waals surface area contributed by atoms with Crippen molar-refractivity contribution < 1.29 is 4.74 Å². The second kappa shape index (κ2) is 7.96. The summed E-state index contributed by atoms with van der Waals surface area (Å²) in [5, 5.41) is 15.2. The van der Waals surface area contributed by atoms with Crippen molar-refractivity contribution in [3.63, 3.8) is 0 Å². The molecule has 0 bridgehead atoms. The van der Waals surface area contributed by atoms with Crippen LogP contribution in [0.4, 0.5) is 17.5 Å². The fourth-order valence-corrected chi connectivity index (χ4v) is 1.91. The summed E-state index contributed by atoms with van der Waals surface area (Å²) >= 11 is 0. The summed E-state index contributed by atoms with van der Waals surface area (Å²) in [7, 11) is 1.69. The van der Waals surface area contributed by atoms with Gasteiger partial charge >= 0.3 is 0 Å². The van der Waals surface area contributed by atoms with Gasteiger partial charge in [0.25, 0.3) is 0 Å². The molecule has 0 saturated carbocycles. The van der Waals surface area contributed by atoms with Gasteiger partial charge in [0.1, 0.15) is 5.82 Å². The fourth-order valence-electron chi connectivity index (χ4n) is 1.91. The Kier molecular flexibility index (Phi) is 5.69. The third-order valence-electron chi connectivity index (χ3n) is 2.96. The van der Waals surface area contributed by atoms with Crippen molar-refractivity contribution >= 4 is 17.5 Å². The van der Waals surface area contributed by atoms with Gasteiger partial charge in [-0.2, -0.15) is 10.2 Å². The van der Waals surface area contributed by atoms with Crippen LogP contribution in [0, 0.1) is 18.3 Å². The maximum Gasteiger partial charge on any atom is 0.229 e. The maximum absolute atomic E-state index is 8.80. The minimum Gasteiger partial charge on any atom is -0.385 e. The number of rotatable bonds is 7. The molecule has 0 saturated heterocycles. The summed E-state index contributed by atoms with van der Waals surface area (Å²) in [5.74, 6) is 1.30. The number of hydrogen-bond donors (Lipinski definition) is 2. The number of anilines is 3. The molecule has 0 spiro atoms. The van der Waals surface area contributed by atoms with Crippen LogP contribution in [0.15, 0.2) is 30.3 Å². The van der Waals surface area contributed by atoms with Gasteiger partial charge in [0, 0.05) is 37.7 Å². The van der Waals surface area contributed by atoms with Crippen molar-refractivity contribution in [1.29, 1.82) is 5.26 Å². The number of nitrogens with one attached hydrogen (secondary N) is 2. The van der Waals surface area contributed by atoms with Crippen molar-refractivity contribution in [1.82, 2.24) is 9.97 Å². The lowest BCUT2D eigenvalue weighted by Crippen LogP contribution is -2.08. The number of ether oxygens (including phenoxy) is 1. The lowest BCUT2D eigenvalue weighted by atomic mass is 10.2. The van der Waals surface area contributed by atoms with E-state index in [2.05, 4.69) is 26.7 Å². The summed E-state index contributed by atoms with van der Waals surface area (Å²) in [6, 6.07) is 11.2. The smallest absolute Gasteiger partial charge is 0.229 e. The van der Waals surface area contributed by atoms with E-state index in [9.17, 15) is 0 Å². The maximum atomic E-state index is 8.80. The molecule has 1 aromatic carbocycles. The Bertz CT molecular complexity index is 649. The molecule has 2 N–H and O–H groups in total. The Morgan fingerprint density at radius 2 is 2.00 bits per heavy atom. The topological polar surface area (TPSA) is 82.9 Å². The zero-order chi connectivity index (χ0) is 15.8. The summed E-state index contributed by atoms with van der Waals surface area (Å²) in [6.07, 6.45) is 0.915. The van der Waals surface area contributed by atoms with E-state index in [1.807, 2.05) is 25.1 Å². The molecule has 6 nitrogen and oxygen atoms in total. The average molecular weight is 297 g/mol. The van der Waals surface area contributed by atoms with Crippen LogP contribution in [-0.4, -0.2) is 30.2 Å². The molecular formula is C16H19N5O. The normalized spacial score (nSPS) is 10.0. The third-order valence-corrected chi connectivity index (χ3v) is 2.96. The van der Waals surface area contributed by atoms with Gasteiger partial charge in [-0.1, -0.05) is 0 Å². The Morgan fingerprint density at radius 1 is 1.23 bits per heavy atom. The SMILES string of the molecule is COCCCNc1cc(C)nc(Nc2ccc(C#N)cc2)n1. The third kappa shape index (κ3) is 4.72. The number of aryl methyl sites for hydroxylation is 1. The molecule has 0 unspecified atom stereocenters. The molecule has 0 aliphatic heterocycles. The molecule has 0 amide bonds. The minimum absolute atomic E-state index is 0.527. The minimum atomic E-state index is 0.527. The molecule has 2 rings (SSSR count). The highest BCUT2D eigenvalue weighted by Crippen LogP contribution is 2.16. The van der Waals surface area contributed by atoms with Crippen molar-refractivity contribution in [2.75, 3.05) is 30.9 Å². The summed E-state index contributed by atoms with van der Waals surface area (Å²) in [6.45, 7) is 3.43. The number of methoxy groups -OCH3 is 1. The molecule has 0 radical (unpaired) electrons. The largest absolute Gasteiger partial charge is 0.385 e. The van der Waals surface area contributed by atoms with Crippen LogP contribution in [0.1, 0.15) is 17.7 Å². The van der Waals surface area contributed by atoms with Gasteiger partial charge in [-0.15, -0.1) is 0 Å². The van der Waals surface area contributed by atoms with E-state index in [4.69, 9.17) is 10.00 Å². The molecule has 114 valence electrons. The van der Waals surface area contributed by atoms with Crippen LogP contribution in [0.2, 0.25) is 0 Å². The second-order valence-corrected chi connectivity index (χ2v) is 4.81. The van der Waals surface area contributed by atoms with E-state index in [1.165, 1.54) is 0 Å². The molecule has 0 fully saturated rings. The first kappa shape index (κ1) is 15.7. The van der Waals surface area contributed by atoms with E-state index in [0.717, 1.165) is 30.2 Å². The number of aromatic nitrogens is 2. The predicted molar refractivity (Wildman–Crippen MR) is 86.2 cm³/mol. The Balaban J connectivity index is 2.03. The summed E-state index contributed by atoms with van der Waals surface area (Å²) in [5.41, 5.74) is 2.34. The zero-order valence-electron chi connectivity index (χ0n) is 12.8. The molecular weight excluding hydrogens is 278 g/mol. The van der Waals surface area contributed by atoms with E-state index < -0.39 is 0 Å². The van der Waals surface area contributed by atoms with Crippen molar-refractivity contribution in [2.24, 2.45) is 0 Å². The van der Waals surface area contributed by atoms with Crippen molar-refractivity contribution in [3.8, 4) is 6.07 Å². The van der Waals surface area contributed by atoms with Crippen LogP contribution in [0.3, 0.4) is 0 Å². The van der Waals surface area contributed by atoms with Crippen LogP contribution in [-0.2, 0) is 4.74 Å². The molecule has 0 atom stereocenters. The Morgan fingerprint density at radius 3 is 2.68 bits per heavy atom. The zero-order valence-corrected chi connectivity index (χ0v) is 12.8. The van der Waals surface area contributed by atoms with Crippen LogP contribution in [0.25, 0.3) is 0 Å². The first-order valence-corrected chi connectivity index (χ1v) is 7.07. The summed E-state index contributed by atoms with van der Waals surface area (Å²) < 4.78 is 5.02. The number of nitriles is 1. The monoisotopic (exact) mass is 297 g/mol. The highest BCUT2D eigenvalue weighted by atomic mass is 16.5. The first-order valence-electron chi connectivity index (χ1n) is 7.07. The summed E-state index contributed by atoms with van der Waals surface area (Å²) in [4.78, 5) is 8.79.